The van der Waals surface area contributed by atoms with Gasteiger partial charge < -0.3 is 34.9 Å². The van der Waals surface area contributed by atoms with Crippen LogP contribution in [0.3, 0.4) is 0 Å². The van der Waals surface area contributed by atoms with E-state index in [4.69, 9.17) is 44.3 Å². The van der Waals surface area contributed by atoms with Crippen LogP contribution >= 0.6 is 34.8 Å². The lowest BCUT2D eigenvalue weighted by molar-refractivity contribution is -0.277. The van der Waals surface area contributed by atoms with Gasteiger partial charge in [-0.2, -0.15) is 0 Å². The molecule has 5 N–H and O–H groups in total. The van der Waals surface area contributed by atoms with Crippen LogP contribution in [-0.4, -0.2) is 62.7 Å². The minimum Gasteiger partial charge on any atom is -0.460 e. The standard InChI is InChI=1S/C14H14Cl3NO6/c15-4-1-5(16)9(17)10-8(4)6(2-18-10)23-14-13(22)12(21)11(20)7(3-19)24-14/h1-2,7,11-14,18-22H,3H2/t7-,11-,12+,13+,14+/m1/s1. The van der Waals surface area contributed by atoms with E-state index in [-0.39, 0.29) is 20.8 Å². The zero-order chi connectivity index (χ0) is 17.6. The summed E-state index contributed by atoms with van der Waals surface area (Å²) in [6, 6.07) is 1.45. The summed E-state index contributed by atoms with van der Waals surface area (Å²) in [5.74, 6) is 0.206. The van der Waals surface area contributed by atoms with Crippen molar-refractivity contribution in [3.05, 3.63) is 27.3 Å². The summed E-state index contributed by atoms with van der Waals surface area (Å²) in [7, 11) is 0. The number of ether oxygens (including phenoxy) is 2. The first-order valence-electron chi connectivity index (χ1n) is 6.97. The third kappa shape index (κ3) is 2.95. The van der Waals surface area contributed by atoms with Crippen molar-refractivity contribution in [2.75, 3.05) is 6.61 Å². The van der Waals surface area contributed by atoms with Gasteiger partial charge in [-0.05, 0) is 6.07 Å². The molecule has 1 aromatic carbocycles. The summed E-state index contributed by atoms with van der Waals surface area (Å²) >= 11 is 18.2. The Morgan fingerprint density at radius 2 is 1.79 bits per heavy atom. The summed E-state index contributed by atoms with van der Waals surface area (Å²) < 4.78 is 10.9. The number of aromatic nitrogens is 1. The van der Waals surface area contributed by atoms with Crippen molar-refractivity contribution in [2.45, 2.75) is 30.7 Å². The highest BCUT2D eigenvalue weighted by molar-refractivity contribution is 6.47. The van der Waals surface area contributed by atoms with Crippen molar-refractivity contribution in [3.8, 4) is 5.75 Å². The quantitative estimate of drug-likeness (QED) is 0.498. The van der Waals surface area contributed by atoms with Gasteiger partial charge in [0.2, 0.25) is 6.29 Å². The van der Waals surface area contributed by atoms with Gasteiger partial charge in [-0.1, -0.05) is 34.8 Å². The second-order valence-corrected chi connectivity index (χ2v) is 6.56. The van der Waals surface area contributed by atoms with Crippen molar-refractivity contribution in [3.63, 3.8) is 0 Å². The van der Waals surface area contributed by atoms with Gasteiger partial charge >= 0.3 is 0 Å². The molecule has 0 spiro atoms. The van der Waals surface area contributed by atoms with E-state index in [2.05, 4.69) is 4.98 Å². The Hall–Kier alpha value is -0.770. The number of aliphatic hydroxyl groups is 4. The SMILES string of the molecule is OC[C@H]1O[C@H](Oc2c[nH]c3c(Cl)c(Cl)cc(Cl)c23)[C@@H](O)[C@@H](O)[C@@H]1O. The Morgan fingerprint density at radius 1 is 1.08 bits per heavy atom. The van der Waals surface area contributed by atoms with E-state index in [1.54, 1.807) is 0 Å². The van der Waals surface area contributed by atoms with Crippen LogP contribution < -0.4 is 4.74 Å². The monoisotopic (exact) mass is 397 g/mol. The van der Waals surface area contributed by atoms with Crippen LogP contribution in [0.15, 0.2) is 12.3 Å². The molecule has 0 radical (unpaired) electrons. The molecule has 0 amide bonds. The molecule has 1 aliphatic heterocycles. The van der Waals surface area contributed by atoms with Gasteiger partial charge in [0.05, 0.1) is 32.6 Å². The van der Waals surface area contributed by atoms with Crippen molar-refractivity contribution >= 4 is 45.7 Å². The number of halogens is 3. The number of aliphatic hydroxyl groups excluding tert-OH is 4. The van der Waals surface area contributed by atoms with Gasteiger partial charge in [0.15, 0.2) is 0 Å². The van der Waals surface area contributed by atoms with Crippen molar-refractivity contribution in [2.24, 2.45) is 0 Å². The first-order chi connectivity index (χ1) is 11.3. The molecule has 5 atom stereocenters. The van der Waals surface area contributed by atoms with Crippen LogP contribution in [0.1, 0.15) is 0 Å². The Balaban J connectivity index is 1.94. The molecular weight excluding hydrogens is 385 g/mol. The fraction of sp³-hybridized carbons (Fsp3) is 0.429. The van der Waals surface area contributed by atoms with E-state index in [0.29, 0.717) is 10.9 Å². The van der Waals surface area contributed by atoms with Gasteiger partial charge in [0, 0.05) is 6.20 Å². The molecule has 7 nitrogen and oxygen atoms in total. The molecular formula is C14H14Cl3NO6. The molecule has 1 aliphatic rings. The number of rotatable bonds is 3. The lowest BCUT2D eigenvalue weighted by atomic mass is 9.99. The van der Waals surface area contributed by atoms with Crippen molar-refractivity contribution < 1.29 is 29.9 Å². The molecule has 10 heteroatoms. The van der Waals surface area contributed by atoms with E-state index in [1.807, 2.05) is 0 Å². The second-order valence-electron chi connectivity index (χ2n) is 5.37. The van der Waals surface area contributed by atoms with E-state index in [9.17, 15) is 20.4 Å². The smallest absolute Gasteiger partial charge is 0.229 e. The molecule has 3 rings (SSSR count). The second kappa shape index (κ2) is 6.86. The predicted octanol–water partition coefficient (Wildman–Crippen LogP) is 1.31. The normalized spacial score (nSPS) is 30.7. The number of H-pyrrole nitrogens is 1. The summed E-state index contributed by atoms with van der Waals surface area (Å²) in [6.07, 6.45) is -5.50. The third-order valence-corrected chi connectivity index (χ3v) is 4.94. The largest absolute Gasteiger partial charge is 0.460 e. The highest BCUT2D eigenvalue weighted by Gasteiger charge is 2.45. The van der Waals surface area contributed by atoms with Crippen LogP contribution in [-0.2, 0) is 4.74 Å². The maximum atomic E-state index is 10.0. The fourth-order valence-electron chi connectivity index (χ4n) is 2.56. The summed E-state index contributed by atoms with van der Waals surface area (Å²) in [5, 5.41) is 40.0. The number of fused-ring (bicyclic) bond motifs is 1. The molecule has 0 bridgehead atoms. The van der Waals surface area contributed by atoms with Crippen LogP contribution in [0.25, 0.3) is 10.9 Å². The van der Waals surface area contributed by atoms with E-state index >= 15 is 0 Å². The average molecular weight is 399 g/mol. The lowest BCUT2D eigenvalue weighted by Crippen LogP contribution is -2.60. The number of benzene rings is 1. The average Bonchev–Trinajstić information content (AvgIpc) is 2.97. The molecule has 1 aromatic heterocycles. The highest BCUT2D eigenvalue weighted by atomic mass is 35.5. The van der Waals surface area contributed by atoms with Gasteiger partial charge in [0.1, 0.15) is 30.2 Å². The molecule has 0 unspecified atom stereocenters. The molecule has 0 aliphatic carbocycles. The zero-order valence-corrected chi connectivity index (χ0v) is 14.3. The minimum atomic E-state index is -1.54. The Labute approximate surface area is 151 Å². The van der Waals surface area contributed by atoms with Crippen LogP contribution in [0.2, 0.25) is 15.1 Å². The summed E-state index contributed by atoms with van der Waals surface area (Å²) in [6.45, 7) is -0.555. The van der Waals surface area contributed by atoms with Crippen molar-refractivity contribution in [1.29, 1.82) is 0 Å². The molecule has 132 valence electrons. The summed E-state index contributed by atoms with van der Waals surface area (Å²) in [5.41, 5.74) is 0.439. The topological polar surface area (TPSA) is 115 Å². The maximum Gasteiger partial charge on any atom is 0.229 e. The third-order valence-electron chi connectivity index (χ3n) is 3.86. The number of hydrogen-bond donors (Lipinski definition) is 5. The number of nitrogens with one attached hydrogen (secondary N) is 1. The number of hydrogen-bond acceptors (Lipinski definition) is 6. The molecule has 1 saturated heterocycles. The van der Waals surface area contributed by atoms with Crippen LogP contribution in [0, 0.1) is 0 Å². The molecule has 2 aromatic rings. The summed E-state index contributed by atoms with van der Waals surface area (Å²) in [4.78, 5) is 2.86. The minimum absolute atomic E-state index is 0.206. The van der Waals surface area contributed by atoms with Gasteiger partial charge in [-0.15, -0.1) is 0 Å². The van der Waals surface area contributed by atoms with Crippen molar-refractivity contribution in [1.82, 2.24) is 4.98 Å². The van der Waals surface area contributed by atoms with Gasteiger partial charge in [-0.25, -0.2) is 0 Å². The maximum absolute atomic E-state index is 10.0. The molecule has 24 heavy (non-hydrogen) atoms. The molecule has 0 saturated carbocycles. The van der Waals surface area contributed by atoms with E-state index < -0.39 is 37.3 Å². The van der Waals surface area contributed by atoms with E-state index in [0.717, 1.165) is 0 Å². The lowest BCUT2D eigenvalue weighted by Gasteiger charge is -2.39. The van der Waals surface area contributed by atoms with E-state index in [1.165, 1.54) is 12.3 Å². The van der Waals surface area contributed by atoms with Crippen LogP contribution in [0.4, 0.5) is 0 Å². The van der Waals surface area contributed by atoms with Gasteiger partial charge in [-0.3, -0.25) is 0 Å². The Morgan fingerprint density at radius 3 is 2.46 bits per heavy atom. The number of aromatic amines is 1. The highest BCUT2D eigenvalue weighted by Crippen LogP contribution is 2.41. The Kier molecular flexibility index (Phi) is 5.15. The first-order valence-corrected chi connectivity index (χ1v) is 8.10. The Bertz CT molecular complexity index is 752. The molecule has 1 fully saturated rings. The van der Waals surface area contributed by atoms with Gasteiger partial charge in [0.25, 0.3) is 0 Å². The predicted molar refractivity (Wildman–Crippen MR) is 87.7 cm³/mol. The molecule has 2 heterocycles. The van der Waals surface area contributed by atoms with Crippen LogP contribution in [0.5, 0.6) is 5.75 Å². The fourth-order valence-corrected chi connectivity index (χ4v) is 3.32. The first kappa shape index (κ1) is 18.0. The zero-order valence-electron chi connectivity index (χ0n) is 12.0.